The molecule has 3 heteroatoms. The number of aromatic nitrogens is 2. The van der Waals surface area contributed by atoms with E-state index in [0.717, 1.165) is 17.7 Å². The zero-order chi connectivity index (χ0) is 11.1. The van der Waals surface area contributed by atoms with Crippen LogP contribution in [0.15, 0.2) is 43.0 Å². The number of halogens is 1. The van der Waals surface area contributed by atoms with E-state index in [1.807, 2.05) is 18.2 Å². The quantitative estimate of drug-likeness (QED) is 0.724. The van der Waals surface area contributed by atoms with Crippen molar-refractivity contribution < 1.29 is 0 Å². The molecule has 0 aromatic carbocycles. The van der Waals surface area contributed by atoms with E-state index in [2.05, 4.69) is 29.8 Å². The maximum atomic E-state index is 5.67. The van der Waals surface area contributed by atoms with Gasteiger partial charge in [0.1, 0.15) is 0 Å². The highest BCUT2D eigenvalue weighted by atomic mass is 35.5. The number of allylic oxidation sites excluding steroid dienone is 5. The number of hydrogen-bond donors (Lipinski definition) is 0. The van der Waals surface area contributed by atoms with E-state index in [0.29, 0.717) is 5.15 Å². The second kappa shape index (κ2) is 6.14. The molecule has 0 aliphatic rings. The molecule has 0 aliphatic carbocycles. The van der Waals surface area contributed by atoms with Gasteiger partial charge in [0.15, 0.2) is 5.15 Å². The molecule has 0 radical (unpaired) electrons. The Kier molecular flexibility index (Phi) is 4.78. The monoisotopic (exact) mass is 220 g/mol. The molecule has 0 unspecified atom stereocenters. The van der Waals surface area contributed by atoms with Crippen LogP contribution in [0.25, 0.3) is 5.57 Å². The molecule has 0 saturated heterocycles. The summed E-state index contributed by atoms with van der Waals surface area (Å²) in [5, 5.41) is 8.22. The number of nitrogens with zero attached hydrogens (tertiary/aromatic N) is 2. The minimum Gasteiger partial charge on any atom is -0.149 e. The van der Waals surface area contributed by atoms with E-state index < -0.39 is 0 Å². The van der Waals surface area contributed by atoms with E-state index in [4.69, 9.17) is 11.6 Å². The van der Waals surface area contributed by atoms with Gasteiger partial charge in [0.25, 0.3) is 0 Å². The standard InChI is InChI=1S/C12H13ClN2/c1-3-5-7-10(6-4-2)11-8-9-12(13)15-14-11/h3,5-9H,1,4H2,2H3/b7-5-,10-6+. The van der Waals surface area contributed by atoms with Crippen LogP contribution in [-0.4, -0.2) is 10.2 Å². The molecule has 1 heterocycles. The smallest absolute Gasteiger partial charge is 0.149 e. The Balaban J connectivity index is 2.99. The summed E-state index contributed by atoms with van der Waals surface area (Å²) in [5.74, 6) is 0. The van der Waals surface area contributed by atoms with Gasteiger partial charge in [-0.1, -0.05) is 49.4 Å². The number of rotatable bonds is 4. The first-order valence-corrected chi connectivity index (χ1v) is 5.14. The van der Waals surface area contributed by atoms with Crippen molar-refractivity contribution in [3.8, 4) is 0 Å². The summed E-state index contributed by atoms with van der Waals surface area (Å²) in [6.45, 7) is 5.70. The lowest BCUT2D eigenvalue weighted by molar-refractivity contribution is 1.01. The van der Waals surface area contributed by atoms with Crippen molar-refractivity contribution in [3.05, 3.63) is 53.9 Å². The molecule has 1 rings (SSSR count). The van der Waals surface area contributed by atoms with Gasteiger partial charge in [0.2, 0.25) is 0 Å². The summed E-state index contributed by atoms with van der Waals surface area (Å²) in [4.78, 5) is 0. The Morgan fingerprint density at radius 3 is 2.80 bits per heavy atom. The maximum absolute atomic E-state index is 5.67. The second-order valence-electron chi connectivity index (χ2n) is 2.90. The van der Waals surface area contributed by atoms with Gasteiger partial charge in [0, 0.05) is 0 Å². The van der Waals surface area contributed by atoms with Crippen LogP contribution in [0.5, 0.6) is 0 Å². The first kappa shape index (κ1) is 11.7. The fourth-order valence-corrected chi connectivity index (χ4v) is 1.22. The van der Waals surface area contributed by atoms with Gasteiger partial charge in [-0.15, -0.1) is 10.2 Å². The minimum absolute atomic E-state index is 0.405. The minimum atomic E-state index is 0.405. The third-order valence-electron chi connectivity index (χ3n) is 1.76. The van der Waals surface area contributed by atoms with Gasteiger partial charge < -0.3 is 0 Å². The van der Waals surface area contributed by atoms with Crippen LogP contribution in [0.2, 0.25) is 5.15 Å². The van der Waals surface area contributed by atoms with Gasteiger partial charge in [0.05, 0.1) is 5.69 Å². The van der Waals surface area contributed by atoms with Gasteiger partial charge >= 0.3 is 0 Å². The lowest BCUT2D eigenvalue weighted by atomic mass is 10.1. The number of hydrogen-bond acceptors (Lipinski definition) is 2. The van der Waals surface area contributed by atoms with Crippen molar-refractivity contribution >= 4 is 17.2 Å². The van der Waals surface area contributed by atoms with Crippen molar-refractivity contribution in [3.63, 3.8) is 0 Å². The van der Waals surface area contributed by atoms with Crippen LogP contribution in [0.3, 0.4) is 0 Å². The molecule has 0 aliphatic heterocycles. The molecule has 15 heavy (non-hydrogen) atoms. The Bertz CT molecular complexity index is 377. The fourth-order valence-electron chi connectivity index (χ4n) is 1.12. The summed E-state index contributed by atoms with van der Waals surface area (Å²) in [7, 11) is 0. The fraction of sp³-hybridized carbons (Fsp3) is 0.167. The van der Waals surface area contributed by atoms with Crippen molar-refractivity contribution in [1.29, 1.82) is 0 Å². The molecule has 0 atom stereocenters. The van der Waals surface area contributed by atoms with Gasteiger partial charge in [-0.3, -0.25) is 0 Å². The van der Waals surface area contributed by atoms with E-state index in [1.165, 1.54) is 0 Å². The topological polar surface area (TPSA) is 25.8 Å². The Morgan fingerprint density at radius 1 is 1.47 bits per heavy atom. The normalized spacial score (nSPS) is 12.0. The van der Waals surface area contributed by atoms with Crippen LogP contribution < -0.4 is 0 Å². The van der Waals surface area contributed by atoms with Crippen LogP contribution in [0, 0.1) is 0 Å². The highest BCUT2D eigenvalue weighted by Gasteiger charge is 1.99. The van der Waals surface area contributed by atoms with Crippen LogP contribution in [-0.2, 0) is 0 Å². The average molecular weight is 221 g/mol. The first-order valence-electron chi connectivity index (χ1n) is 4.76. The van der Waals surface area contributed by atoms with E-state index in [-0.39, 0.29) is 0 Å². The highest BCUT2D eigenvalue weighted by Crippen LogP contribution is 2.14. The SMILES string of the molecule is C=C/C=C\C(=C/CC)c1ccc(Cl)nn1. The van der Waals surface area contributed by atoms with Crippen LogP contribution in [0.1, 0.15) is 19.0 Å². The Labute approximate surface area is 95.0 Å². The third kappa shape index (κ3) is 3.68. The second-order valence-corrected chi connectivity index (χ2v) is 3.29. The molecule has 0 spiro atoms. The van der Waals surface area contributed by atoms with Crippen molar-refractivity contribution in [2.45, 2.75) is 13.3 Å². The lowest BCUT2D eigenvalue weighted by Crippen LogP contribution is -1.90. The predicted octanol–water partition coefficient (Wildman–Crippen LogP) is 3.67. The highest BCUT2D eigenvalue weighted by molar-refractivity contribution is 6.29. The van der Waals surface area contributed by atoms with Gasteiger partial charge in [-0.05, 0) is 24.1 Å². The molecule has 1 aromatic heterocycles. The van der Waals surface area contributed by atoms with E-state index in [9.17, 15) is 0 Å². The molecular formula is C12H13ClN2. The lowest BCUT2D eigenvalue weighted by Gasteiger charge is -1.99. The van der Waals surface area contributed by atoms with Gasteiger partial charge in [-0.2, -0.15) is 0 Å². The maximum Gasteiger partial charge on any atom is 0.151 e. The summed E-state index contributed by atoms with van der Waals surface area (Å²) in [6, 6.07) is 3.58. The van der Waals surface area contributed by atoms with E-state index in [1.54, 1.807) is 12.1 Å². The summed E-state index contributed by atoms with van der Waals surface area (Å²) >= 11 is 5.67. The summed E-state index contributed by atoms with van der Waals surface area (Å²) in [5.41, 5.74) is 1.85. The largest absolute Gasteiger partial charge is 0.151 e. The Morgan fingerprint density at radius 2 is 2.27 bits per heavy atom. The summed E-state index contributed by atoms with van der Waals surface area (Å²) in [6.07, 6.45) is 8.58. The van der Waals surface area contributed by atoms with Crippen molar-refractivity contribution in [2.75, 3.05) is 0 Å². The molecule has 1 aromatic rings. The van der Waals surface area contributed by atoms with Crippen molar-refractivity contribution in [2.24, 2.45) is 0 Å². The molecule has 0 N–H and O–H groups in total. The molecule has 2 nitrogen and oxygen atoms in total. The predicted molar refractivity (Wildman–Crippen MR) is 64.6 cm³/mol. The van der Waals surface area contributed by atoms with Gasteiger partial charge in [-0.25, -0.2) is 0 Å². The van der Waals surface area contributed by atoms with Crippen LogP contribution in [0.4, 0.5) is 0 Å². The molecule has 0 fully saturated rings. The average Bonchev–Trinajstić information content (AvgIpc) is 2.25. The molecule has 0 saturated carbocycles. The first-order chi connectivity index (χ1) is 7.27. The molecule has 78 valence electrons. The third-order valence-corrected chi connectivity index (χ3v) is 1.97. The van der Waals surface area contributed by atoms with Crippen LogP contribution >= 0.6 is 11.6 Å². The van der Waals surface area contributed by atoms with E-state index >= 15 is 0 Å². The Hall–Kier alpha value is -1.41. The zero-order valence-electron chi connectivity index (χ0n) is 8.65. The molecule has 0 bridgehead atoms. The molecular weight excluding hydrogens is 208 g/mol. The summed E-state index contributed by atoms with van der Waals surface area (Å²) < 4.78 is 0. The van der Waals surface area contributed by atoms with Crippen molar-refractivity contribution in [1.82, 2.24) is 10.2 Å². The zero-order valence-corrected chi connectivity index (χ0v) is 9.41. The molecule has 0 amide bonds.